The first-order valence-electron chi connectivity index (χ1n) is 7.01. The number of amides is 1. The highest BCUT2D eigenvalue weighted by Crippen LogP contribution is 2.27. The predicted molar refractivity (Wildman–Crippen MR) is 70.3 cm³/mol. The number of hydrogen-bond acceptors (Lipinski definition) is 3. The molecule has 1 aliphatic rings. The fourth-order valence-electron chi connectivity index (χ4n) is 2.13. The summed E-state index contributed by atoms with van der Waals surface area (Å²) in [6.45, 7) is 4.70. The van der Waals surface area contributed by atoms with Crippen molar-refractivity contribution in [3.05, 3.63) is 0 Å². The van der Waals surface area contributed by atoms with Crippen molar-refractivity contribution in [2.24, 2.45) is 5.84 Å². The summed E-state index contributed by atoms with van der Waals surface area (Å²) in [5.41, 5.74) is 2.17. The monoisotopic (exact) mass is 241 g/mol. The lowest BCUT2D eigenvalue weighted by atomic mass is 10.1. The van der Waals surface area contributed by atoms with Crippen LogP contribution in [-0.4, -0.2) is 29.9 Å². The normalized spacial score (nSPS) is 15.2. The second-order valence-corrected chi connectivity index (χ2v) is 5.00. The van der Waals surface area contributed by atoms with Gasteiger partial charge in [0.2, 0.25) is 5.91 Å². The van der Waals surface area contributed by atoms with Crippen LogP contribution in [0.1, 0.15) is 58.3 Å². The molecule has 0 aromatic rings. The second-order valence-electron chi connectivity index (χ2n) is 5.00. The molecule has 1 saturated carbocycles. The Morgan fingerprint density at radius 1 is 1.24 bits per heavy atom. The molecule has 4 heteroatoms. The van der Waals surface area contributed by atoms with Gasteiger partial charge in [-0.2, -0.15) is 0 Å². The molecule has 100 valence electrons. The van der Waals surface area contributed by atoms with Crippen molar-refractivity contribution in [2.75, 3.05) is 13.1 Å². The van der Waals surface area contributed by atoms with Crippen LogP contribution >= 0.6 is 0 Å². The molecule has 0 unspecified atom stereocenters. The Morgan fingerprint density at radius 2 is 1.94 bits per heavy atom. The van der Waals surface area contributed by atoms with Gasteiger partial charge in [0.05, 0.1) is 0 Å². The van der Waals surface area contributed by atoms with E-state index in [-0.39, 0.29) is 5.91 Å². The van der Waals surface area contributed by atoms with Gasteiger partial charge < -0.3 is 4.90 Å². The van der Waals surface area contributed by atoms with Crippen LogP contribution in [0.2, 0.25) is 0 Å². The number of hydrogen-bond donors (Lipinski definition) is 2. The maximum Gasteiger partial charge on any atom is 0.233 e. The quantitative estimate of drug-likeness (QED) is 0.265. The van der Waals surface area contributed by atoms with E-state index in [2.05, 4.69) is 17.2 Å². The van der Waals surface area contributed by atoms with Crippen LogP contribution in [0.5, 0.6) is 0 Å². The first kappa shape index (κ1) is 14.5. The lowest BCUT2D eigenvalue weighted by molar-refractivity contribution is -0.121. The van der Waals surface area contributed by atoms with E-state index in [4.69, 9.17) is 5.84 Å². The number of nitrogens with two attached hydrogens (primary N) is 1. The molecule has 1 rings (SSSR count). The summed E-state index contributed by atoms with van der Waals surface area (Å²) in [7, 11) is 0. The topological polar surface area (TPSA) is 58.4 Å². The number of nitrogens with one attached hydrogen (secondary N) is 1. The summed E-state index contributed by atoms with van der Waals surface area (Å²) in [4.78, 5) is 13.6. The third-order valence-corrected chi connectivity index (χ3v) is 3.37. The van der Waals surface area contributed by atoms with Gasteiger partial charge in [-0.15, -0.1) is 0 Å². The van der Waals surface area contributed by atoms with Crippen molar-refractivity contribution < 1.29 is 4.79 Å². The smallest absolute Gasteiger partial charge is 0.233 e. The van der Waals surface area contributed by atoms with Gasteiger partial charge in [-0.1, -0.05) is 19.8 Å². The summed E-state index contributed by atoms with van der Waals surface area (Å²) in [6, 6.07) is 0.869. The number of unbranched alkanes of at least 4 members (excludes halogenated alkanes) is 3. The summed E-state index contributed by atoms with van der Waals surface area (Å²) in [5, 5.41) is 0. The van der Waals surface area contributed by atoms with E-state index in [1.165, 1.54) is 45.2 Å². The van der Waals surface area contributed by atoms with Gasteiger partial charge in [-0.25, -0.2) is 5.84 Å². The third-order valence-electron chi connectivity index (χ3n) is 3.37. The van der Waals surface area contributed by atoms with Gasteiger partial charge in [0, 0.05) is 12.5 Å². The standard InChI is InChI=1S/C13H27N3O/c1-2-3-10-16(12-8-9-12)11-6-4-5-7-13(17)15-14/h12H,2-11,14H2,1H3,(H,15,17). The Morgan fingerprint density at radius 3 is 2.53 bits per heavy atom. The molecule has 3 N–H and O–H groups in total. The number of carbonyl (C=O) groups excluding carboxylic acids is 1. The fraction of sp³-hybridized carbons (Fsp3) is 0.923. The number of hydrazine groups is 1. The molecular formula is C13H27N3O. The largest absolute Gasteiger partial charge is 0.300 e. The molecule has 0 heterocycles. The molecule has 0 saturated heterocycles. The van der Waals surface area contributed by atoms with E-state index < -0.39 is 0 Å². The van der Waals surface area contributed by atoms with E-state index in [9.17, 15) is 4.79 Å². The minimum absolute atomic E-state index is 0.0463. The van der Waals surface area contributed by atoms with Crippen LogP contribution in [0.3, 0.4) is 0 Å². The third kappa shape index (κ3) is 6.64. The highest BCUT2D eigenvalue weighted by atomic mass is 16.2. The molecule has 1 amide bonds. The molecular weight excluding hydrogens is 214 g/mol. The highest BCUT2D eigenvalue weighted by molar-refractivity contribution is 5.74. The van der Waals surface area contributed by atoms with Gasteiger partial charge in [0.1, 0.15) is 0 Å². The van der Waals surface area contributed by atoms with Gasteiger partial charge in [0.15, 0.2) is 0 Å². The first-order chi connectivity index (χ1) is 8.27. The summed E-state index contributed by atoms with van der Waals surface area (Å²) < 4.78 is 0. The van der Waals surface area contributed by atoms with Crippen LogP contribution in [0.4, 0.5) is 0 Å². The molecule has 17 heavy (non-hydrogen) atoms. The van der Waals surface area contributed by atoms with Crippen molar-refractivity contribution in [2.45, 2.75) is 64.3 Å². The molecule has 0 aliphatic heterocycles. The van der Waals surface area contributed by atoms with Crippen LogP contribution in [0, 0.1) is 0 Å². The average molecular weight is 241 g/mol. The molecule has 0 radical (unpaired) electrons. The Hall–Kier alpha value is -0.610. The Labute approximate surface area is 105 Å². The van der Waals surface area contributed by atoms with Crippen molar-refractivity contribution >= 4 is 5.91 Å². The minimum Gasteiger partial charge on any atom is -0.300 e. The average Bonchev–Trinajstić information content (AvgIpc) is 3.16. The van der Waals surface area contributed by atoms with Crippen molar-refractivity contribution in [1.82, 2.24) is 10.3 Å². The summed E-state index contributed by atoms with van der Waals surface area (Å²) >= 11 is 0. The molecule has 0 aromatic heterocycles. The fourth-order valence-corrected chi connectivity index (χ4v) is 2.13. The highest BCUT2D eigenvalue weighted by Gasteiger charge is 2.27. The van der Waals surface area contributed by atoms with Crippen molar-refractivity contribution in [1.29, 1.82) is 0 Å². The van der Waals surface area contributed by atoms with E-state index in [1.807, 2.05) is 0 Å². The van der Waals surface area contributed by atoms with Crippen LogP contribution in [0.15, 0.2) is 0 Å². The predicted octanol–water partition coefficient (Wildman–Crippen LogP) is 1.80. The summed E-state index contributed by atoms with van der Waals surface area (Å²) in [5.74, 6) is 4.98. The zero-order valence-corrected chi connectivity index (χ0v) is 11.1. The Bertz CT molecular complexity index is 217. The lowest BCUT2D eigenvalue weighted by Gasteiger charge is -2.21. The first-order valence-corrected chi connectivity index (χ1v) is 7.01. The Balaban J connectivity index is 2.00. The van der Waals surface area contributed by atoms with E-state index in [0.29, 0.717) is 6.42 Å². The molecule has 0 atom stereocenters. The zero-order valence-electron chi connectivity index (χ0n) is 11.1. The summed E-state index contributed by atoms with van der Waals surface area (Å²) in [6.07, 6.45) is 9.22. The van der Waals surface area contributed by atoms with E-state index >= 15 is 0 Å². The number of carbonyl (C=O) groups is 1. The second kappa shape index (κ2) is 8.48. The Kier molecular flexibility index (Phi) is 7.21. The van der Waals surface area contributed by atoms with Crippen LogP contribution < -0.4 is 11.3 Å². The van der Waals surface area contributed by atoms with Crippen LogP contribution in [-0.2, 0) is 4.79 Å². The maximum atomic E-state index is 10.9. The van der Waals surface area contributed by atoms with E-state index in [0.717, 1.165) is 18.9 Å². The molecule has 1 fully saturated rings. The van der Waals surface area contributed by atoms with Gasteiger partial charge in [-0.3, -0.25) is 10.2 Å². The SMILES string of the molecule is CCCCN(CCCCCC(=O)NN)C1CC1. The van der Waals surface area contributed by atoms with Crippen molar-refractivity contribution in [3.63, 3.8) is 0 Å². The van der Waals surface area contributed by atoms with E-state index in [1.54, 1.807) is 0 Å². The number of nitrogens with zero attached hydrogens (tertiary/aromatic N) is 1. The van der Waals surface area contributed by atoms with Gasteiger partial charge >= 0.3 is 0 Å². The molecule has 0 bridgehead atoms. The molecule has 0 spiro atoms. The van der Waals surface area contributed by atoms with Gasteiger partial charge in [0.25, 0.3) is 0 Å². The van der Waals surface area contributed by atoms with Crippen molar-refractivity contribution in [3.8, 4) is 0 Å². The molecule has 0 aromatic carbocycles. The minimum atomic E-state index is -0.0463. The van der Waals surface area contributed by atoms with Crippen LogP contribution in [0.25, 0.3) is 0 Å². The zero-order chi connectivity index (χ0) is 12.5. The molecule has 4 nitrogen and oxygen atoms in total. The van der Waals surface area contributed by atoms with Gasteiger partial charge in [-0.05, 0) is 45.2 Å². The number of rotatable bonds is 10. The lowest BCUT2D eigenvalue weighted by Crippen LogP contribution is -2.30. The molecule has 1 aliphatic carbocycles. The maximum absolute atomic E-state index is 10.9.